The van der Waals surface area contributed by atoms with E-state index in [-0.39, 0.29) is 30.7 Å². The minimum atomic E-state index is -0.121. The molecule has 0 radical (unpaired) electrons. The van der Waals surface area contributed by atoms with Gasteiger partial charge >= 0.3 is 0 Å². The highest BCUT2D eigenvalue weighted by atomic mass is 35.5. The van der Waals surface area contributed by atoms with Crippen LogP contribution in [0.2, 0.25) is 0 Å². The number of anilines is 2. The lowest BCUT2D eigenvalue weighted by Crippen LogP contribution is -2.47. The van der Waals surface area contributed by atoms with Crippen LogP contribution >= 0.6 is 24.8 Å². The van der Waals surface area contributed by atoms with Crippen molar-refractivity contribution in [1.82, 2.24) is 9.88 Å². The molecule has 1 fully saturated rings. The van der Waals surface area contributed by atoms with E-state index in [2.05, 4.69) is 62.6 Å². The fraction of sp³-hybridized carbons (Fsp3) is 0.267. The normalized spacial score (nSPS) is 13.4. The van der Waals surface area contributed by atoms with E-state index in [1.165, 1.54) is 16.6 Å². The zero-order valence-corrected chi connectivity index (χ0v) is 23.4. The van der Waals surface area contributed by atoms with Crippen molar-refractivity contribution < 1.29 is 9.53 Å². The number of piperazine rings is 1. The number of nitrogens with zero attached hydrogens (tertiary/aromatic N) is 3. The van der Waals surface area contributed by atoms with Crippen LogP contribution in [0.1, 0.15) is 21.6 Å². The third kappa shape index (κ3) is 6.95. The average molecular weight is 554 g/mol. The first kappa shape index (κ1) is 29.2. The van der Waals surface area contributed by atoms with Crippen molar-refractivity contribution in [3.05, 3.63) is 95.7 Å². The van der Waals surface area contributed by atoms with Gasteiger partial charge in [-0.1, -0.05) is 18.2 Å². The number of halogens is 2. The lowest BCUT2D eigenvalue weighted by Gasteiger charge is -2.36. The number of rotatable bonds is 7. The van der Waals surface area contributed by atoms with Gasteiger partial charge in [0.1, 0.15) is 5.75 Å². The third-order valence-corrected chi connectivity index (χ3v) is 6.81. The first-order valence-corrected chi connectivity index (χ1v) is 12.5. The SMILES string of the molecule is COc1ccc(C(=O)Nc2cccc(CCN3CCN(c4cccc5nc(C)ccc45)CC3)c2)cc1.Cl.Cl. The predicted molar refractivity (Wildman–Crippen MR) is 161 cm³/mol. The van der Waals surface area contributed by atoms with E-state index in [0.29, 0.717) is 5.56 Å². The van der Waals surface area contributed by atoms with E-state index in [0.717, 1.165) is 61.8 Å². The number of carbonyl (C=O) groups excluding carboxylic acids is 1. The van der Waals surface area contributed by atoms with Crippen molar-refractivity contribution in [1.29, 1.82) is 0 Å². The minimum absolute atomic E-state index is 0. The second-order valence-corrected chi connectivity index (χ2v) is 9.26. The molecule has 8 heteroatoms. The molecule has 3 aromatic carbocycles. The van der Waals surface area contributed by atoms with E-state index in [1.807, 2.05) is 19.1 Å². The molecule has 1 amide bonds. The number of nitrogens with one attached hydrogen (secondary N) is 1. The quantitative estimate of drug-likeness (QED) is 0.304. The molecule has 4 aromatic rings. The maximum absolute atomic E-state index is 12.6. The third-order valence-electron chi connectivity index (χ3n) is 6.81. The fourth-order valence-corrected chi connectivity index (χ4v) is 4.77. The van der Waals surface area contributed by atoms with Gasteiger partial charge in [0, 0.05) is 60.7 Å². The minimum Gasteiger partial charge on any atom is -0.497 e. The first-order chi connectivity index (χ1) is 17.6. The molecule has 1 saturated heterocycles. The number of methoxy groups -OCH3 is 1. The van der Waals surface area contributed by atoms with Crippen LogP contribution in [0.4, 0.5) is 11.4 Å². The Labute approximate surface area is 236 Å². The standard InChI is InChI=1S/C30H32N4O2.2ClH/c1-22-9-14-27-28(31-22)7-4-8-29(27)34-19-17-33(18-20-34)16-15-23-5-3-6-25(21-23)32-30(35)24-10-12-26(36-2)13-11-24;;/h3-14,21H,15-20H2,1-2H3,(H,32,35);2*1H. The largest absolute Gasteiger partial charge is 0.497 e. The van der Waals surface area contributed by atoms with Gasteiger partial charge in [-0.05, 0) is 79.6 Å². The second-order valence-electron chi connectivity index (χ2n) is 9.26. The van der Waals surface area contributed by atoms with Crippen molar-refractivity contribution in [2.75, 3.05) is 50.1 Å². The number of aryl methyl sites for hydroxylation is 1. The summed E-state index contributed by atoms with van der Waals surface area (Å²) in [5.74, 6) is 0.614. The lowest BCUT2D eigenvalue weighted by molar-refractivity contribution is 0.102. The number of fused-ring (bicyclic) bond motifs is 1. The molecule has 0 aliphatic carbocycles. The van der Waals surface area contributed by atoms with Gasteiger partial charge < -0.3 is 15.0 Å². The Morgan fingerprint density at radius 3 is 2.39 bits per heavy atom. The highest BCUT2D eigenvalue weighted by molar-refractivity contribution is 6.04. The van der Waals surface area contributed by atoms with Gasteiger partial charge in [0.25, 0.3) is 5.91 Å². The summed E-state index contributed by atoms with van der Waals surface area (Å²) in [5, 5.41) is 4.24. The highest BCUT2D eigenvalue weighted by Crippen LogP contribution is 2.27. The van der Waals surface area contributed by atoms with Crippen LogP contribution in [-0.2, 0) is 6.42 Å². The van der Waals surface area contributed by atoms with Gasteiger partial charge in [0.2, 0.25) is 0 Å². The van der Waals surface area contributed by atoms with Crippen molar-refractivity contribution in [3.8, 4) is 5.75 Å². The van der Waals surface area contributed by atoms with Crippen molar-refractivity contribution in [2.45, 2.75) is 13.3 Å². The predicted octanol–water partition coefficient (Wildman–Crippen LogP) is 6.01. The van der Waals surface area contributed by atoms with E-state index < -0.39 is 0 Å². The topological polar surface area (TPSA) is 57.7 Å². The number of amides is 1. The van der Waals surface area contributed by atoms with E-state index in [1.54, 1.807) is 31.4 Å². The van der Waals surface area contributed by atoms with Gasteiger partial charge in [-0.2, -0.15) is 0 Å². The Morgan fingerprint density at radius 1 is 0.921 bits per heavy atom. The number of ether oxygens (including phenoxy) is 1. The van der Waals surface area contributed by atoms with Crippen molar-refractivity contribution in [2.24, 2.45) is 0 Å². The van der Waals surface area contributed by atoms with Gasteiger partial charge in [-0.3, -0.25) is 14.7 Å². The number of aromatic nitrogens is 1. The summed E-state index contributed by atoms with van der Waals surface area (Å²) >= 11 is 0. The molecule has 200 valence electrons. The Balaban J connectivity index is 0.00000200. The Kier molecular flexibility index (Phi) is 10.4. The van der Waals surface area contributed by atoms with Crippen LogP contribution in [0.3, 0.4) is 0 Å². The lowest BCUT2D eigenvalue weighted by atomic mass is 10.1. The molecule has 1 aliphatic heterocycles. The molecule has 1 aliphatic rings. The molecule has 1 N–H and O–H groups in total. The maximum atomic E-state index is 12.6. The molecule has 5 rings (SSSR count). The average Bonchev–Trinajstić information content (AvgIpc) is 2.92. The van der Waals surface area contributed by atoms with Crippen molar-refractivity contribution in [3.63, 3.8) is 0 Å². The summed E-state index contributed by atoms with van der Waals surface area (Å²) in [6.07, 6.45) is 0.948. The van der Waals surface area contributed by atoms with Gasteiger partial charge in [0.15, 0.2) is 0 Å². The Morgan fingerprint density at radius 2 is 1.66 bits per heavy atom. The van der Waals surface area contributed by atoms with Gasteiger partial charge in [0.05, 0.1) is 12.6 Å². The van der Waals surface area contributed by atoms with E-state index in [4.69, 9.17) is 4.74 Å². The van der Waals surface area contributed by atoms with Crippen molar-refractivity contribution >= 4 is 53.0 Å². The number of pyridine rings is 1. The maximum Gasteiger partial charge on any atom is 0.255 e. The Hall–Kier alpha value is -3.32. The van der Waals surface area contributed by atoms with Crippen LogP contribution in [0.5, 0.6) is 5.75 Å². The van der Waals surface area contributed by atoms with Crippen LogP contribution in [0, 0.1) is 6.92 Å². The monoisotopic (exact) mass is 552 g/mol. The van der Waals surface area contributed by atoms with Gasteiger partial charge in [-0.15, -0.1) is 24.8 Å². The molecule has 0 atom stereocenters. The molecule has 1 aromatic heterocycles. The molecule has 0 bridgehead atoms. The number of hydrogen-bond donors (Lipinski definition) is 1. The molecule has 6 nitrogen and oxygen atoms in total. The molecule has 2 heterocycles. The summed E-state index contributed by atoms with van der Waals surface area (Å²) < 4.78 is 5.17. The summed E-state index contributed by atoms with van der Waals surface area (Å²) in [6.45, 7) is 7.11. The fourth-order valence-electron chi connectivity index (χ4n) is 4.77. The summed E-state index contributed by atoms with van der Waals surface area (Å²) in [7, 11) is 1.62. The molecule has 0 spiro atoms. The van der Waals surface area contributed by atoms with Crippen LogP contribution in [0.25, 0.3) is 10.9 Å². The van der Waals surface area contributed by atoms with E-state index in [9.17, 15) is 4.79 Å². The second kappa shape index (κ2) is 13.5. The van der Waals surface area contributed by atoms with Crippen LogP contribution in [-0.4, -0.2) is 55.6 Å². The van der Waals surface area contributed by atoms with Gasteiger partial charge in [-0.25, -0.2) is 0 Å². The number of benzene rings is 3. The molecular formula is C30H34Cl2N4O2. The molecule has 38 heavy (non-hydrogen) atoms. The summed E-state index contributed by atoms with van der Waals surface area (Å²) in [5.41, 5.74) is 6.04. The molecule has 0 unspecified atom stereocenters. The zero-order valence-electron chi connectivity index (χ0n) is 21.7. The number of carbonyl (C=O) groups is 1. The summed E-state index contributed by atoms with van der Waals surface area (Å²) in [4.78, 5) is 22.3. The Bertz CT molecular complexity index is 1360. The molecule has 0 saturated carbocycles. The van der Waals surface area contributed by atoms with Crippen LogP contribution < -0.4 is 15.0 Å². The van der Waals surface area contributed by atoms with E-state index >= 15 is 0 Å². The summed E-state index contributed by atoms with van der Waals surface area (Å²) in [6, 6.07) is 26.0. The van der Waals surface area contributed by atoms with Crippen LogP contribution in [0.15, 0.2) is 78.9 Å². The molecular weight excluding hydrogens is 519 g/mol. The zero-order chi connectivity index (χ0) is 24.9. The highest BCUT2D eigenvalue weighted by Gasteiger charge is 2.19. The number of hydrogen-bond acceptors (Lipinski definition) is 5. The smallest absolute Gasteiger partial charge is 0.255 e. The first-order valence-electron chi connectivity index (χ1n) is 12.5.